The second-order valence-corrected chi connectivity index (χ2v) is 16.4. The summed E-state index contributed by atoms with van der Waals surface area (Å²) in [7, 11) is 0. The SMILES string of the molecule is c1ccc(/C2=C(\c3ccccc3)c3ccc(cc3)-c3ccc(cc3)-c3ccc(cc3)/C(c3ccccc3)=C(/c3ccccc3)c3ccc(cc3)-c3ccc(cc3)-c3ccc2cc3)cc1. The lowest BCUT2D eigenvalue weighted by Crippen LogP contribution is -1.98. The van der Waals surface area contributed by atoms with Crippen molar-refractivity contribution < 1.29 is 0 Å². The van der Waals surface area contributed by atoms with Gasteiger partial charge in [0.1, 0.15) is 0 Å². The van der Waals surface area contributed by atoms with E-state index in [0.29, 0.717) is 0 Å². The van der Waals surface area contributed by atoms with Crippen LogP contribution in [0, 0.1) is 0 Å². The maximum absolute atomic E-state index is 2.28. The summed E-state index contributed by atoms with van der Waals surface area (Å²) in [5, 5.41) is 0. The van der Waals surface area contributed by atoms with E-state index in [9.17, 15) is 0 Å². The third-order valence-corrected chi connectivity index (χ3v) is 12.5. The first kappa shape index (κ1) is 38.6. The quantitative estimate of drug-likeness (QED) is 0.166. The van der Waals surface area contributed by atoms with Crippen LogP contribution >= 0.6 is 0 Å². The molecule has 0 unspecified atom stereocenters. The molecule has 0 aliphatic heterocycles. The number of rotatable bonds is 4. The molecule has 0 heteroatoms. The van der Waals surface area contributed by atoms with Crippen molar-refractivity contribution in [1.82, 2.24) is 0 Å². The van der Waals surface area contributed by atoms with Crippen molar-refractivity contribution in [2.24, 2.45) is 0 Å². The molecule has 0 spiro atoms. The Morgan fingerprint density at radius 1 is 0.0938 bits per heavy atom. The molecule has 0 nitrogen and oxygen atoms in total. The lowest BCUT2D eigenvalue weighted by atomic mass is 9.84. The van der Waals surface area contributed by atoms with Gasteiger partial charge in [-0.25, -0.2) is 0 Å². The minimum atomic E-state index is 1.17. The molecule has 300 valence electrons. The highest BCUT2D eigenvalue weighted by molar-refractivity contribution is 6.06. The van der Waals surface area contributed by atoms with Crippen LogP contribution in [-0.2, 0) is 0 Å². The second kappa shape index (κ2) is 17.2. The number of hydrogen-bond acceptors (Lipinski definition) is 0. The molecule has 10 aliphatic carbocycles. The summed E-state index contributed by atoms with van der Waals surface area (Å²) in [4.78, 5) is 0. The molecule has 0 aromatic heterocycles. The van der Waals surface area contributed by atoms with Crippen LogP contribution in [0.25, 0.3) is 66.8 Å². The van der Waals surface area contributed by atoms with E-state index in [0.717, 1.165) is 0 Å². The van der Waals surface area contributed by atoms with Gasteiger partial charge >= 0.3 is 0 Å². The molecule has 0 amide bonds. The predicted octanol–water partition coefficient (Wildman–Crippen LogP) is 16.7. The van der Waals surface area contributed by atoms with Gasteiger partial charge < -0.3 is 0 Å². The van der Waals surface area contributed by atoms with Crippen molar-refractivity contribution in [3.05, 3.63) is 311 Å². The zero-order valence-electron chi connectivity index (χ0n) is 35.4. The molecular formula is C64H44. The molecule has 0 heterocycles. The van der Waals surface area contributed by atoms with E-state index in [-0.39, 0.29) is 0 Å². The highest BCUT2D eigenvalue weighted by atomic mass is 14.2. The molecule has 10 aliphatic rings. The normalized spacial score (nSPS) is 14.5. The lowest BCUT2D eigenvalue weighted by Gasteiger charge is -2.19. The largest absolute Gasteiger partial charge is 0.0622 e. The highest BCUT2D eigenvalue weighted by Crippen LogP contribution is 2.41. The molecule has 0 saturated heterocycles. The molecule has 10 aromatic rings. The molecule has 10 aromatic carbocycles. The van der Waals surface area contributed by atoms with Gasteiger partial charge in [0.25, 0.3) is 0 Å². The minimum Gasteiger partial charge on any atom is -0.0622 e. The number of hydrogen-bond donors (Lipinski definition) is 0. The summed E-state index contributed by atoms with van der Waals surface area (Å²) in [5.74, 6) is 0. The monoisotopic (exact) mass is 812 g/mol. The molecular weight excluding hydrogens is 769 g/mol. The Bertz CT molecular complexity index is 2780. The summed E-state index contributed by atoms with van der Waals surface area (Å²) in [6.07, 6.45) is 0. The van der Waals surface area contributed by atoms with E-state index in [1.165, 1.54) is 111 Å². The van der Waals surface area contributed by atoms with E-state index in [1.807, 2.05) is 0 Å². The molecule has 0 atom stereocenters. The lowest BCUT2D eigenvalue weighted by molar-refractivity contribution is 1.49. The van der Waals surface area contributed by atoms with Crippen molar-refractivity contribution in [2.75, 3.05) is 0 Å². The minimum absolute atomic E-state index is 1.17. The summed E-state index contributed by atoms with van der Waals surface area (Å²) < 4.78 is 0. The second-order valence-electron chi connectivity index (χ2n) is 16.4. The highest BCUT2D eigenvalue weighted by Gasteiger charge is 2.19. The Morgan fingerprint density at radius 2 is 0.203 bits per heavy atom. The fourth-order valence-corrected chi connectivity index (χ4v) is 9.27. The van der Waals surface area contributed by atoms with Gasteiger partial charge in [-0.3, -0.25) is 0 Å². The Kier molecular flexibility index (Phi) is 10.4. The van der Waals surface area contributed by atoms with Crippen molar-refractivity contribution in [3.8, 4) is 44.5 Å². The van der Waals surface area contributed by atoms with Crippen molar-refractivity contribution in [2.45, 2.75) is 0 Å². The van der Waals surface area contributed by atoms with Crippen LogP contribution in [0.3, 0.4) is 0 Å². The first-order valence-corrected chi connectivity index (χ1v) is 22.1. The Morgan fingerprint density at radius 3 is 0.344 bits per heavy atom. The maximum atomic E-state index is 2.28. The first-order chi connectivity index (χ1) is 31.7. The van der Waals surface area contributed by atoms with E-state index >= 15 is 0 Å². The van der Waals surface area contributed by atoms with Crippen molar-refractivity contribution in [1.29, 1.82) is 0 Å². The topological polar surface area (TPSA) is 0 Å². The van der Waals surface area contributed by atoms with E-state index in [4.69, 9.17) is 0 Å². The molecule has 0 radical (unpaired) electrons. The molecule has 64 heavy (non-hydrogen) atoms. The van der Waals surface area contributed by atoms with Crippen LogP contribution in [0.5, 0.6) is 0 Å². The van der Waals surface area contributed by atoms with Crippen LogP contribution < -0.4 is 0 Å². The fourth-order valence-electron chi connectivity index (χ4n) is 9.27. The zero-order valence-corrected chi connectivity index (χ0v) is 35.4. The first-order valence-electron chi connectivity index (χ1n) is 22.1. The smallest absolute Gasteiger partial charge is 0.00268 e. The van der Waals surface area contributed by atoms with Crippen LogP contribution in [0.4, 0.5) is 0 Å². The van der Waals surface area contributed by atoms with Crippen LogP contribution in [0.1, 0.15) is 44.5 Å². The van der Waals surface area contributed by atoms with Gasteiger partial charge in [0, 0.05) is 0 Å². The summed E-state index contributed by atoms with van der Waals surface area (Å²) >= 11 is 0. The Hall–Kier alpha value is -8.32. The average Bonchev–Trinajstić information content (AvgIpc) is 3.38. The van der Waals surface area contributed by atoms with Crippen molar-refractivity contribution in [3.63, 3.8) is 0 Å². The van der Waals surface area contributed by atoms with Gasteiger partial charge in [0.05, 0.1) is 0 Å². The van der Waals surface area contributed by atoms with E-state index in [2.05, 4.69) is 267 Å². The maximum Gasteiger partial charge on any atom is -0.00268 e. The molecule has 20 rings (SSSR count). The zero-order chi connectivity index (χ0) is 42.7. The third-order valence-electron chi connectivity index (χ3n) is 12.5. The number of benzene rings is 10. The predicted molar refractivity (Wildman–Crippen MR) is 270 cm³/mol. The standard InChI is InChI=1S/C64H44/c1-5-13-53(14-6-1)61-57-37-29-49(30-38-57)45-21-23-47(24-22-45)51-33-41-59(42-34-51)63(55-17-9-3-10-18-55)64(56-19-11-4-12-20-56)60-43-35-52(36-44-60)48-27-25-46(26-28-48)50-31-39-58(40-32-50)62(61)54-15-7-2-8-16-54/h1-44H/b49-45?,50-46?,51-47?,52-48?,61-57?,62-58?,62-61-,63-59?,64-60?,64-63-. The molecule has 0 fully saturated rings. The Labute approximate surface area is 376 Å². The van der Waals surface area contributed by atoms with Gasteiger partial charge in [-0.1, -0.05) is 267 Å². The Balaban J connectivity index is 1.10. The van der Waals surface area contributed by atoms with Crippen LogP contribution in [0.15, 0.2) is 267 Å². The summed E-state index contributed by atoms with van der Waals surface area (Å²) in [6.45, 7) is 0. The van der Waals surface area contributed by atoms with Crippen LogP contribution in [0.2, 0.25) is 0 Å². The third kappa shape index (κ3) is 7.64. The van der Waals surface area contributed by atoms with Crippen molar-refractivity contribution >= 4 is 22.3 Å². The molecule has 0 N–H and O–H groups in total. The summed E-state index contributed by atoms with van der Waals surface area (Å²) in [6, 6.07) is 97.6. The van der Waals surface area contributed by atoms with E-state index in [1.54, 1.807) is 0 Å². The van der Waals surface area contributed by atoms with Gasteiger partial charge in [-0.2, -0.15) is 0 Å². The van der Waals surface area contributed by atoms with E-state index < -0.39 is 0 Å². The van der Waals surface area contributed by atoms with Gasteiger partial charge in [-0.05, 0) is 111 Å². The summed E-state index contributed by atoms with van der Waals surface area (Å²) in [5.41, 5.74) is 23.7. The average molecular weight is 813 g/mol. The molecule has 12 bridgehead atoms. The molecule has 0 saturated carbocycles. The van der Waals surface area contributed by atoms with Gasteiger partial charge in [-0.15, -0.1) is 0 Å². The van der Waals surface area contributed by atoms with Crippen LogP contribution in [-0.4, -0.2) is 0 Å². The fraction of sp³-hybridized carbons (Fsp3) is 0. The van der Waals surface area contributed by atoms with Gasteiger partial charge in [0.2, 0.25) is 0 Å². The van der Waals surface area contributed by atoms with Gasteiger partial charge in [0.15, 0.2) is 0 Å².